The van der Waals surface area contributed by atoms with E-state index in [0.29, 0.717) is 23.3 Å². The average molecular weight is 559 g/mol. The first-order chi connectivity index (χ1) is 18.8. The summed E-state index contributed by atoms with van der Waals surface area (Å²) in [6.45, 7) is 1.58. The number of alkyl halides is 6. The number of nitrogens with zero attached hydrogens (tertiary/aromatic N) is 2. The van der Waals surface area contributed by atoms with Gasteiger partial charge in [-0.15, -0.1) is 0 Å². The molecule has 0 aliphatic carbocycles. The third-order valence-electron chi connectivity index (χ3n) is 6.19. The summed E-state index contributed by atoms with van der Waals surface area (Å²) in [5.41, 5.74) is -0.176. The lowest BCUT2D eigenvalue weighted by Gasteiger charge is -2.21. The molecule has 10 heteroatoms. The molecule has 208 valence electrons. The van der Waals surface area contributed by atoms with Gasteiger partial charge in [-0.3, -0.25) is 4.79 Å². The molecule has 0 saturated heterocycles. The van der Waals surface area contributed by atoms with Crippen LogP contribution in [0.25, 0.3) is 11.1 Å². The number of carbonyl (C=O) groups is 1. The largest absolute Gasteiger partial charge is 0.473 e. The molecule has 0 saturated carbocycles. The molecule has 4 rings (SSSR count). The second-order valence-corrected chi connectivity index (χ2v) is 9.23. The Kier molecular flexibility index (Phi) is 8.18. The number of amides is 1. The molecule has 0 spiro atoms. The van der Waals surface area contributed by atoms with Crippen LogP contribution in [0.15, 0.2) is 85.1 Å². The number of pyridine rings is 1. The summed E-state index contributed by atoms with van der Waals surface area (Å²) >= 11 is 0. The number of aryl methyl sites for hydroxylation is 1. The van der Waals surface area contributed by atoms with Gasteiger partial charge in [0.25, 0.3) is 5.91 Å². The summed E-state index contributed by atoms with van der Waals surface area (Å²) in [6, 6.07) is 19.5. The Morgan fingerprint density at radius 1 is 0.800 bits per heavy atom. The van der Waals surface area contributed by atoms with E-state index in [0.717, 1.165) is 16.0 Å². The molecular formula is C30H24F6N2O2. The van der Waals surface area contributed by atoms with E-state index in [1.165, 1.54) is 13.2 Å². The predicted molar refractivity (Wildman–Crippen MR) is 137 cm³/mol. The van der Waals surface area contributed by atoms with E-state index >= 15 is 0 Å². The Balaban J connectivity index is 1.67. The van der Waals surface area contributed by atoms with Gasteiger partial charge >= 0.3 is 12.4 Å². The fraction of sp³-hybridized carbons (Fsp3) is 0.200. The lowest BCUT2D eigenvalue weighted by atomic mass is 9.96. The number of ether oxygens (including phenoxy) is 1. The molecule has 4 nitrogen and oxygen atoms in total. The fourth-order valence-electron chi connectivity index (χ4n) is 4.18. The quantitative estimate of drug-likeness (QED) is 0.216. The van der Waals surface area contributed by atoms with Crippen LogP contribution in [-0.2, 0) is 25.5 Å². The number of halogens is 6. The molecule has 0 bridgehead atoms. The van der Waals surface area contributed by atoms with Crippen LogP contribution in [0.1, 0.15) is 38.2 Å². The molecule has 0 radical (unpaired) electrons. The Labute approximate surface area is 226 Å². The molecule has 1 heterocycles. The lowest BCUT2D eigenvalue weighted by molar-refractivity contribution is -0.143. The molecule has 1 amide bonds. The summed E-state index contributed by atoms with van der Waals surface area (Å²) < 4.78 is 85.7. The van der Waals surface area contributed by atoms with Crippen LogP contribution in [0.5, 0.6) is 5.88 Å². The third-order valence-corrected chi connectivity index (χ3v) is 6.19. The van der Waals surface area contributed by atoms with E-state index in [-0.39, 0.29) is 29.7 Å². The second-order valence-electron chi connectivity index (χ2n) is 9.23. The van der Waals surface area contributed by atoms with Crippen molar-refractivity contribution in [1.29, 1.82) is 0 Å². The maximum absolute atomic E-state index is 13.5. The topological polar surface area (TPSA) is 42.4 Å². The maximum Gasteiger partial charge on any atom is 0.416 e. The van der Waals surface area contributed by atoms with Crippen LogP contribution >= 0.6 is 0 Å². The summed E-state index contributed by atoms with van der Waals surface area (Å²) in [5, 5.41) is 0. The van der Waals surface area contributed by atoms with Gasteiger partial charge < -0.3 is 9.64 Å². The van der Waals surface area contributed by atoms with Crippen molar-refractivity contribution in [2.75, 3.05) is 7.05 Å². The maximum atomic E-state index is 13.5. The molecular weight excluding hydrogens is 534 g/mol. The fourth-order valence-corrected chi connectivity index (χ4v) is 4.18. The Morgan fingerprint density at radius 2 is 1.40 bits per heavy atom. The molecule has 0 unspecified atom stereocenters. The van der Waals surface area contributed by atoms with E-state index in [9.17, 15) is 31.1 Å². The monoisotopic (exact) mass is 558 g/mol. The minimum absolute atomic E-state index is 0.0553. The average Bonchev–Trinajstić information content (AvgIpc) is 2.91. The van der Waals surface area contributed by atoms with Crippen molar-refractivity contribution >= 4 is 5.91 Å². The highest BCUT2D eigenvalue weighted by atomic mass is 19.4. The second kappa shape index (κ2) is 11.4. The van der Waals surface area contributed by atoms with E-state index in [4.69, 9.17) is 4.74 Å². The minimum atomic E-state index is -4.99. The number of carbonyl (C=O) groups excluding carboxylic acids is 1. The highest BCUT2D eigenvalue weighted by Gasteiger charge is 2.37. The number of hydrogen-bond acceptors (Lipinski definition) is 3. The molecule has 0 atom stereocenters. The number of aromatic nitrogens is 1. The molecule has 4 aromatic rings. The number of benzene rings is 3. The van der Waals surface area contributed by atoms with Gasteiger partial charge in [0.15, 0.2) is 0 Å². The SMILES string of the molecule is Cc1ccccc1-c1cc(OCc2ccccc2)ncc1C(=O)N(C)Cc1cc(C(F)(F)F)cc(C(F)(F)F)c1. The zero-order chi connectivity index (χ0) is 29.1. The van der Waals surface area contributed by atoms with Gasteiger partial charge in [0.05, 0.1) is 16.7 Å². The van der Waals surface area contributed by atoms with Crippen molar-refractivity contribution < 1.29 is 35.9 Å². The van der Waals surface area contributed by atoms with Crippen molar-refractivity contribution in [1.82, 2.24) is 9.88 Å². The number of hydrogen-bond donors (Lipinski definition) is 0. The molecule has 0 aliphatic heterocycles. The van der Waals surface area contributed by atoms with Gasteiger partial charge in [-0.05, 0) is 47.4 Å². The smallest absolute Gasteiger partial charge is 0.416 e. The predicted octanol–water partition coefficient (Wildman–Crippen LogP) is 7.95. The summed E-state index contributed by atoms with van der Waals surface area (Å²) in [7, 11) is 1.30. The zero-order valence-electron chi connectivity index (χ0n) is 21.5. The summed E-state index contributed by atoms with van der Waals surface area (Å²) in [4.78, 5) is 18.8. The number of rotatable bonds is 7. The van der Waals surface area contributed by atoms with Crippen molar-refractivity contribution in [3.05, 3.63) is 118 Å². The van der Waals surface area contributed by atoms with Gasteiger partial charge in [0, 0.05) is 31.4 Å². The van der Waals surface area contributed by atoms with Crippen LogP contribution in [0.3, 0.4) is 0 Å². The van der Waals surface area contributed by atoms with Crippen LogP contribution in [0, 0.1) is 6.92 Å². The van der Waals surface area contributed by atoms with Crippen molar-refractivity contribution in [2.45, 2.75) is 32.4 Å². The highest BCUT2D eigenvalue weighted by molar-refractivity contribution is 6.01. The van der Waals surface area contributed by atoms with Gasteiger partial charge in [0.2, 0.25) is 5.88 Å². The van der Waals surface area contributed by atoms with Gasteiger partial charge in [-0.1, -0.05) is 54.6 Å². The van der Waals surface area contributed by atoms with Crippen molar-refractivity contribution in [3.8, 4) is 17.0 Å². The van der Waals surface area contributed by atoms with Crippen LogP contribution in [-0.4, -0.2) is 22.8 Å². The molecule has 0 fully saturated rings. The van der Waals surface area contributed by atoms with Gasteiger partial charge in [0.1, 0.15) is 6.61 Å². The van der Waals surface area contributed by atoms with E-state index in [1.54, 1.807) is 18.2 Å². The van der Waals surface area contributed by atoms with Crippen LogP contribution < -0.4 is 4.74 Å². The van der Waals surface area contributed by atoms with Crippen LogP contribution in [0.2, 0.25) is 0 Å². The minimum Gasteiger partial charge on any atom is -0.473 e. The van der Waals surface area contributed by atoms with Crippen LogP contribution in [0.4, 0.5) is 26.3 Å². The Hall–Kier alpha value is -4.34. The molecule has 0 N–H and O–H groups in total. The highest BCUT2D eigenvalue weighted by Crippen LogP contribution is 2.37. The summed E-state index contributed by atoms with van der Waals surface area (Å²) in [6.07, 6.45) is -8.68. The van der Waals surface area contributed by atoms with Crippen molar-refractivity contribution in [3.63, 3.8) is 0 Å². The molecule has 0 aliphatic rings. The first-order valence-electron chi connectivity index (χ1n) is 12.1. The molecule has 1 aromatic heterocycles. The normalized spacial score (nSPS) is 11.8. The van der Waals surface area contributed by atoms with E-state index < -0.39 is 35.9 Å². The Morgan fingerprint density at radius 3 is 2.00 bits per heavy atom. The first-order valence-corrected chi connectivity index (χ1v) is 12.1. The standard InChI is InChI=1S/C30H24F6N2O2/c1-19-8-6-7-11-24(19)25-15-27(40-18-20-9-4-3-5-10-20)37-16-26(25)28(39)38(2)17-21-12-22(29(31,32)33)14-23(13-21)30(34,35)36/h3-16H,17-18H2,1-2H3. The van der Waals surface area contributed by atoms with Gasteiger partial charge in [-0.25, -0.2) is 4.98 Å². The van der Waals surface area contributed by atoms with E-state index in [1.807, 2.05) is 49.4 Å². The van der Waals surface area contributed by atoms with E-state index in [2.05, 4.69) is 4.98 Å². The first kappa shape index (κ1) is 28.7. The lowest BCUT2D eigenvalue weighted by Crippen LogP contribution is -2.27. The van der Waals surface area contributed by atoms with Crippen molar-refractivity contribution in [2.24, 2.45) is 0 Å². The Bertz CT molecular complexity index is 1470. The van der Waals surface area contributed by atoms with Gasteiger partial charge in [-0.2, -0.15) is 26.3 Å². The zero-order valence-corrected chi connectivity index (χ0v) is 21.5. The summed E-state index contributed by atoms with van der Waals surface area (Å²) in [5.74, 6) is -0.389. The molecule has 3 aromatic carbocycles. The molecule has 40 heavy (non-hydrogen) atoms. The third kappa shape index (κ3) is 6.80.